The predicted molar refractivity (Wildman–Crippen MR) is 81.5 cm³/mol. The number of nitrogens with one attached hydrogen (secondary N) is 1. The number of H-pyrrole nitrogens is 1. The highest BCUT2D eigenvalue weighted by Gasteiger charge is 2.18. The summed E-state index contributed by atoms with van der Waals surface area (Å²) in [4.78, 5) is 4.48. The molecule has 2 aromatic heterocycles. The van der Waals surface area contributed by atoms with Crippen molar-refractivity contribution in [3.8, 4) is 11.3 Å². The molecule has 0 unspecified atom stereocenters. The number of nitrogens with zero attached hydrogens (tertiary/aromatic N) is 2. The zero-order valence-electron chi connectivity index (χ0n) is 11.7. The van der Waals surface area contributed by atoms with E-state index in [1.54, 1.807) is 6.07 Å². The number of hydrogen-bond acceptors (Lipinski definition) is 2. The third-order valence-corrected chi connectivity index (χ3v) is 3.79. The monoisotopic (exact) mass is 295 g/mol. The second-order valence-corrected chi connectivity index (χ2v) is 5.14. The number of hydrogen-bond donors (Lipinski definition) is 1. The molecule has 3 nitrogen and oxygen atoms in total. The van der Waals surface area contributed by atoms with Gasteiger partial charge in [-0.3, -0.25) is 5.10 Å². The van der Waals surface area contributed by atoms with Crippen molar-refractivity contribution >= 4 is 21.8 Å². The highest BCUT2D eigenvalue weighted by Crippen LogP contribution is 2.34. The Morgan fingerprint density at radius 1 is 0.909 bits per heavy atom. The highest BCUT2D eigenvalue weighted by molar-refractivity contribution is 6.09. The number of benzene rings is 2. The number of pyridine rings is 1. The van der Waals surface area contributed by atoms with Gasteiger partial charge in [0.25, 0.3) is 0 Å². The minimum atomic E-state index is -0.627. The van der Waals surface area contributed by atoms with Crippen LogP contribution in [0.3, 0.4) is 0 Å². The topological polar surface area (TPSA) is 41.6 Å². The Hall–Kier alpha value is -2.82. The molecule has 0 amide bonds. The van der Waals surface area contributed by atoms with E-state index in [0.29, 0.717) is 22.3 Å². The van der Waals surface area contributed by atoms with Crippen molar-refractivity contribution in [2.75, 3.05) is 0 Å². The second kappa shape index (κ2) is 4.59. The zero-order chi connectivity index (χ0) is 15.3. The van der Waals surface area contributed by atoms with Crippen molar-refractivity contribution in [3.05, 3.63) is 59.8 Å². The van der Waals surface area contributed by atoms with Gasteiger partial charge in [0.05, 0.1) is 22.5 Å². The van der Waals surface area contributed by atoms with Gasteiger partial charge in [0, 0.05) is 10.8 Å². The summed E-state index contributed by atoms with van der Waals surface area (Å²) in [5.74, 6) is -1.25. The summed E-state index contributed by atoms with van der Waals surface area (Å²) in [5, 5.41) is 8.61. The van der Waals surface area contributed by atoms with E-state index in [9.17, 15) is 8.78 Å². The molecule has 108 valence electrons. The molecule has 0 saturated heterocycles. The Labute approximate surface area is 124 Å². The Morgan fingerprint density at radius 3 is 2.32 bits per heavy atom. The number of rotatable bonds is 1. The molecular formula is C17H11F2N3. The lowest BCUT2D eigenvalue weighted by molar-refractivity contribution is 0.589. The van der Waals surface area contributed by atoms with E-state index in [-0.39, 0.29) is 5.56 Å². The first-order valence-corrected chi connectivity index (χ1v) is 6.84. The van der Waals surface area contributed by atoms with Crippen molar-refractivity contribution in [2.45, 2.75) is 6.92 Å². The molecule has 2 heterocycles. The third-order valence-electron chi connectivity index (χ3n) is 3.79. The molecule has 0 bridgehead atoms. The lowest BCUT2D eigenvalue weighted by Gasteiger charge is -2.09. The number of aromatic amines is 1. The lowest BCUT2D eigenvalue weighted by atomic mass is 10.0. The van der Waals surface area contributed by atoms with Crippen LogP contribution in [0, 0.1) is 18.6 Å². The molecule has 1 N–H and O–H groups in total. The number of halogens is 2. The fraction of sp³-hybridized carbons (Fsp3) is 0.0588. The van der Waals surface area contributed by atoms with Crippen molar-refractivity contribution in [2.24, 2.45) is 0 Å². The van der Waals surface area contributed by atoms with Crippen LogP contribution in [0.1, 0.15) is 5.69 Å². The Bertz CT molecular complexity index is 1000. The minimum Gasteiger partial charge on any atom is -0.275 e. The third kappa shape index (κ3) is 1.72. The van der Waals surface area contributed by atoms with Crippen LogP contribution in [0.5, 0.6) is 0 Å². The number of aryl methyl sites for hydroxylation is 1. The van der Waals surface area contributed by atoms with Crippen LogP contribution in [-0.2, 0) is 0 Å². The molecule has 2 aromatic carbocycles. The molecule has 0 radical (unpaired) electrons. The fourth-order valence-electron chi connectivity index (χ4n) is 2.75. The van der Waals surface area contributed by atoms with Crippen molar-refractivity contribution in [1.29, 1.82) is 0 Å². The van der Waals surface area contributed by atoms with Crippen molar-refractivity contribution in [3.63, 3.8) is 0 Å². The maximum atomic E-state index is 14.2. The van der Waals surface area contributed by atoms with Crippen LogP contribution < -0.4 is 0 Å². The van der Waals surface area contributed by atoms with Crippen molar-refractivity contribution < 1.29 is 8.78 Å². The summed E-state index contributed by atoms with van der Waals surface area (Å²) in [5.41, 5.74) is 2.27. The van der Waals surface area contributed by atoms with Gasteiger partial charge in [-0.25, -0.2) is 13.8 Å². The summed E-state index contributed by atoms with van der Waals surface area (Å²) < 4.78 is 28.4. The van der Waals surface area contributed by atoms with Gasteiger partial charge < -0.3 is 0 Å². The summed E-state index contributed by atoms with van der Waals surface area (Å²) >= 11 is 0. The first kappa shape index (κ1) is 12.9. The van der Waals surface area contributed by atoms with Crippen LogP contribution in [-0.4, -0.2) is 15.2 Å². The number of fused-ring (bicyclic) bond motifs is 3. The van der Waals surface area contributed by atoms with Gasteiger partial charge >= 0.3 is 0 Å². The van der Waals surface area contributed by atoms with Crippen molar-refractivity contribution in [1.82, 2.24) is 15.2 Å². The van der Waals surface area contributed by atoms with Gasteiger partial charge in [-0.05, 0) is 19.1 Å². The Kier molecular flexibility index (Phi) is 2.69. The Balaban J connectivity index is 2.23. The molecule has 0 aliphatic heterocycles. The Morgan fingerprint density at radius 2 is 1.59 bits per heavy atom. The fourth-order valence-corrected chi connectivity index (χ4v) is 2.75. The first-order chi connectivity index (χ1) is 10.7. The predicted octanol–water partition coefficient (Wildman–Crippen LogP) is 4.36. The largest absolute Gasteiger partial charge is 0.275 e. The lowest BCUT2D eigenvalue weighted by Crippen LogP contribution is -1.95. The SMILES string of the molecule is Cc1n[nH]c2c1nc(-c1c(F)cccc1F)c1ccccc12. The molecule has 5 heteroatoms. The molecule has 0 atom stereocenters. The average molecular weight is 295 g/mol. The average Bonchev–Trinajstić information content (AvgIpc) is 2.89. The van der Waals surface area contributed by atoms with E-state index >= 15 is 0 Å². The van der Waals surface area contributed by atoms with Gasteiger partial charge in [-0.15, -0.1) is 0 Å². The van der Waals surface area contributed by atoms with Crippen LogP contribution in [0.4, 0.5) is 8.78 Å². The van der Waals surface area contributed by atoms with Crippen LogP contribution in [0.15, 0.2) is 42.5 Å². The van der Waals surface area contributed by atoms with E-state index in [1.807, 2.05) is 25.1 Å². The van der Waals surface area contributed by atoms with Crippen LogP contribution in [0.2, 0.25) is 0 Å². The molecule has 0 aliphatic carbocycles. The van der Waals surface area contributed by atoms with E-state index < -0.39 is 11.6 Å². The normalized spacial score (nSPS) is 11.4. The minimum absolute atomic E-state index is 0.110. The maximum absolute atomic E-state index is 14.2. The molecule has 0 spiro atoms. The van der Waals surface area contributed by atoms with E-state index in [1.165, 1.54) is 18.2 Å². The molecule has 0 fully saturated rings. The molecule has 22 heavy (non-hydrogen) atoms. The molecule has 4 aromatic rings. The van der Waals surface area contributed by atoms with Gasteiger partial charge in [-0.1, -0.05) is 30.3 Å². The van der Waals surface area contributed by atoms with Gasteiger partial charge in [0.1, 0.15) is 17.2 Å². The summed E-state index contributed by atoms with van der Waals surface area (Å²) in [6, 6.07) is 11.2. The van der Waals surface area contributed by atoms with Gasteiger partial charge in [0.15, 0.2) is 0 Å². The first-order valence-electron chi connectivity index (χ1n) is 6.84. The molecule has 0 saturated carbocycles. The molecule has 0 aliphatic rings. The van der Waals surface area contributed by atoms with Crippen LogP contribution >= 0.6 is 0 Å². The quantitative estimate of drug-likeness (QED) is 0.566. The van der Waals surface area contributed by atoms with Gasteiger partial charge in [0.2, 0.25) is 0 Å². The summed E-state index contributed by atoms with van der Waals surface area (Å²) in [6.07, 6.45) is 0. The second-order valence-electron chi connectivity index (χ2n) is 5.14. The van der Waals surface area contributed by atoms with E-state index in [0.717, 1.165) is 10.9 Å². The van der Waals surface area contributed by atoms with Crippen LogP contribution in [0.25, 0.3) is 33.1 Å². The van der Waals surface area contributed by atoms with E-state index in [4.69, 9.17) is 0 Å². The smallest absolute Gasteiger partial charge is 0.135 e. The van der Waals surface area contributed by atoms with E-state index in [2.05, 4.69) is 15.2 Å². The standard InChI is InChI=1S/C17H11F2N3/c1-9-15-17(22-21-9)11-6-3-2-5-10(11)16(20-15)14-12(18)7-4-8-13(14)19/h2-8H,1H3,(H,21,22). The summed E-state index contributed by atoms with van der Waals surface area (Å²) in [7, 11) is 0. The summed E-state index contributed by atoms with van der Waals surface area (Å²) in [6.45, 7) is 1.81. The maximum Gasteiger partial charge on any atom is 0.135 e. The highest BCUT2D eigenvalue weighted by atomic mass is 19.1. The number of aromatic nitrogens is 3. The molecule has 4 rings (SSSR count). The zero-order valence-corrected chi connectivity index (χ0v) is 11.7. The van der Waals surface area contributed by atoms with Gasteiger partial charge in [-0.2, -0.15) is 5.10 Å². The molecular weight excluding hydrogens is 284 g/mol.